The van der Waals surface area contributed by atoms with Gasteiger partial charge in [0.2, 0.25) is 0 Å². The summed E-state index contributed by atoms with van der Waals surface area (Å²) in [6.07, 6.45) is 1.30. The molecular formula is C5H8BrIN2. The van der Waals surface area contributed by atoms with E-state index in [4.69, 9.17) is 5.41 Å². The molecule has 4 heteroatoms. The Hall–Kier alpha value is 0.420. The minimum atomic E-state index is 0.876. The van der Waals surface area contributed by atoms with Gasteiger partial charge in [0.25, 0.3) is 0 Å². The minimum absolute atomic E-state index is 0.876. The van der Waals surface area contributed by atoms with E-state index in [-0.39, 0.29) is 0 Å². The third-order valence-electron chi connectivity index (χ3n) is 0.668. The lowest BCUT2D eigenvalue weighted by Crippen LogP contribution is -2.08. The number of rotatable bonds is 3. The molecule has 0 unspecified atom stereocenters. The van der Waals surface area contributed by atoms with Crippen LogP contribution in [-0.4, -0.2) is 12.8 Å². The van der Waals surface area contributed by atoms with E-state index in [9.17, 15) is 0 Å². The van der Waals surface area contributed by atoms with Crippen molar-refractivity contribution < 1.29 is 0 Å². The highest BCUT2D eigenvalue weighted by molar-refractivity contribution is 14.1. The number of nitrogens with one attached hydrogen (secondary N) is 2. The molecule has 0 fully saturated rings. The first-order chi connectivity index (χ1) is 4.22. The maximum absolute atomic E-state index is 6.86. The zero-order valence-electron chi connectivity index (χ0n) is 5.04. The molecule has 0 aromatic heterocycles. The lowest BCUT2D eigenvalue weighted by molar-refractivity contribution is 0.909. The van der Waals surface area contributed by atoms with Crippen LogP contribution in [0.4, 0.5) is 0 Å². The van der Waals surface area contributed by atoms with Crippen molar-refractivity contribution in [2.24, 2.45) is 0 Å². The van der Waals surface area contributed by atoms with Crippen molar-refractivity contribution in [3.05, 3.63) is 8.19 Å². The van der Waals surface area contributed by atoms with E-state index in [1.54, 1.807) is 0 Å². The molecule has 2 N–H and O–H groups in total. The molecule has 0 amide bonds. The van der Waals surface area contributed by atoms with Gasteiger partial charge in [-0.3, -0.25) is 0 Å². The van der Waals surface area contributed by atoms with Crippen molar-refractivity contribution in [3.8, 4) is 0 Å². The summed E-state index contributed by atoms with van der Waals surface area (Å²) in [5, 5.41) is 9.89. The second-order valence-corrected chi connectivity index (χ2v) is 3.29. The zero-order valence-corrected chi connectivity index (χ0v) is 8.78. The molecule has 0 spiro atoms. The van der Waals surface area contributed by atoms with Crippen molar-refractivity contribution >= 4 is 44.7 Å². The van der Waals surface area contributed by atoms with Gasteiger partial charge in [0.05, 0.1) is 8.19 Å². The summed E-state index contributed by atoms with van der Waals surface area (Å²) < 4.78 is 1.77. The van der Waals surface area contributed by atoms with Gasteiger partial charge in [-0.1, -0.05) is 0 Å². The number of allylic oxidation sites excluding steroid dienone is 1. The normalized spacial score (nSPS) is 12.3. The molecular weight excluding hydrogens is 295 g/mol. The van der Waals surface area contributed by atoms with Crippen LogP contribution in [0, 0.1) is 5.41 Å². The zero-order chi connectivity index (χ0) is 7.28. The molecule has 0 heterocycles. The average molecular weight is 303 g/mol. The Morgan fingerprint density at radius 1 is 1.89 bits per heavy atom. The lowest BCUT2D eigenvalue weighted by atomic mass is 10.6. The molecule has 2 nitrogen and oxygen atoms in total. The van der Waals surface area contributed by atoms with Crippen molar-refractivity contribution in [1.29, 1.82) is 5.41 Å². The van der Waals surface area contributed by atoms with Crippen LogP contribution in [0.25, 0.3) is 0 Å². The summed E-state index contributed by atoms with van der Waals surface area (Å²) >= 11 is 5.36. The number of halogens is 2. The second kappa shape index (κ2) is 5.22. The molecule has 0 aliphatic heterocycles. The largest absolute Gasteiger partial charge is 0.379 e. The predicted molar refractivity (Wildman–Crippen MR) is 52.4 cm³/mol. The van der Waals surface area contributed by atoms with Gasteiger partial charge >= 0.3 is 0 Å². The Kier molecular flexibility index (Phi) is 5.47. The molecule has 0 aliphatic carbocycles. The van der Waals surface area contributed by atoms with Gasteiger partial charge in [-0.2, -0.15) is 0 Å². The van der Waals surface area contributed by atoms with E-state index in [0.29, 0.717) is 0 Å². The SMILES string of the molecule is CCN/C(Br)=C(/I)C=N. The van der Waals surface area contributed by atoms with E-state index in [2.05, 4.69) is 43.8 Å². The molecule has 52 valence electrons. The number of hydrogen-bond donors (Lipinski definition) is 2. The van der Waals surface area contributed by atoms with Crippen LogP contribution in [0.5, 0.6) is 0 Å². The summed E-state index contributed by atoms with van der Waals surface area (Å²) in [6.45, 7) is 2.88. The second-order valence-electron chi connectivity index (χ2n) is 1.34. The fourth-order valence-electron chi connectivity index (χ4n) is 0.303. The maximum atomic E-state index is 6.86. The van der Waals surface area contributed by atoms with E-state index < -0.39 is 0 Å². The van der Waals surface area contributed by atoms with Crippen molar-refractivity contribution in [3.63, 3.8) is 0 Å². The van der Waals surface area contributed by atoms with Crippen LogP contribution < -0.4 is 5.32 Å². The van der Waals surface area contributed by atoms with Crippen LogP contribution in [0.2, 0.25) is 0 Å². The summed E-state index contributed by atoms with van der Waals surface area (Å²) in [7, 11) is 0. The van der Waals surface area contributed by atoms with Crippen LogP contribution in [-0.2, 0) is 0 Å². The fourth-order valence-corrected chi connectivity index (χ4v) is 0.889. The summed E-state index contributed by atoms with van der Waals surface area (Å²) in [5.74, 6) is 0. The Morgan fingerprint density at radius 2 is 2.44 bits per heavy atom. The van der Waals surface area contributed by atoms with Crippen LogP contribution >= 0.6 is 38.5 Å². The van der Waals surface area contributed by atoms with Crippen molar-refractivity contribution in [2.75, 3.05) is 6.54 Å². The van der Waals surface area contributed by atoms with Gasteiger partial charge in [0, 0.05) is 12.8 Å². The first-order valence-electron chi connectivity index (χ1n) is 2.52. The Balaban J connectivity index is 3.93. The van der Waals surface area contributed by atoms with Crippen molar-refractivity contribution in [2.45, 2.75) is 6.92 Å². The van der Waals surface area contributed by atoms with Gasteiger partial charge in [-0.05, 0) is 45.4 Å². The highest BCUT2D eigenvalue weighted by atomic mass is 127. The van der Waals surface area contributed by atoms with Gasteiger partial charge in [0.15, 0.2) is 0 Å². The van der Waals surface area contributed by atoms with Gasteiger partial charge < -0.3 is 10.7 Å². The standard InChI is InChI=1S/C5H8BrIN2/c1-2-9-5(6)4(7)3-8/h3,8-9H,2H2,1H3/b5-4+,8-3?. The fraction of sp³-hybridized carbons (Fsp3) is 0.400. The van der Waals surface area contributed by atoms with Crippen LogP contribution in [0.1, 0.15) is 6.92 Å². The average Bonchev–Trinajstić information content (AvgIpc) is 1.87. The first kappa shape index (κ1) is 9.42. The first-order valence-corrected chi connectivity index (χ1v) is 4.39. The molecule has 0 saturated heterocycles. The van der Waals surface area contributed by atoms with E-state index in [1.165, 1.54) is 6.21 Å². The highest BCUT2D eigenvalue weighted by Crippen LogP contribution is 2.12. The molecule has 0 rings (SSSR count). The minimum Gasteiger partial charge on any atom is -0.379 e. The molecule has 0 saturated carbocycles. The smallest absolute Gasteiger partial charge is 0.0930 e. The summed E-state index contributed by atoms with van der Waals surface area (Å²) in [4.78, 5) is 0. The van der Waals surface area contributed by atoms with E-state index in [0.717, 1.165) is 14.7 Å². The van der Waals surface area contributed by atoms with Crippen LogP contribution in [0.15, 0.2) is 8.19 Å². The molecule has 0 bridgehead atoms. The van der Waals surface area contributed by atoms with Crippen molar-refractivity contribution in [1.82, 2.24) is 5.32 Å². The monoisotopic (exact) mass is 302 g/mol. The van der Waals surface area contributed by atoms with E-state index in [1.807, 2.05) is 6.92 Å². The third kappa shape index (κ3) is 3.91. The van der Waals surface area contributed by atoms with E-state index >= 15 is 0 Å². The lowest BCUT2D eigenvalue weighted by Gasteiger charge is -1.99. The van der Waals surface area contributed by atoms with Gasteiger partial charge in [-0.15, -0.1) is 0 Å². The Labute approximate surface area is 76.9 Å². The molecule has 0 aliphatic rings. The van der Waals surface area contributed by atoms with Gasteiger partial charge in [-0.25, -0.2) is 0 Å². The molecule has 0 atom stereocenters. The number of hydrogen-bond acceptors (Lipinski definition) is 2. The van der Waals surface area contributed by atoms with Crippen LogP contribution in [0.3, 0.4) is 0 Å². The predicted octanol–water partition coefficient (Wildman–Crippen LogP) is 2.24. The quantitative estimate of drug-likeness (QED) is 0.468. The molecule has 0 radical (unpaired) electrons. The maximum Gasteiger partial charge on any atom is 0.0930 e. The topological polar surface area (TPSA) is 35.9 Å². The van der Waals surface area contributed by atoms with Gasteiger partial charge in [0.1, 0.15) is 0 Å². The third-order valence-corrected chi connectivity index (χ3v) is 2.97. The highest BCUT2D eigenvalue weighted by Gasteiger charge is 1.92. The summed E-state index contributed by atoms with van der Waals surface area (Å²) in [6, 6.07) is 0. The molecule has 9 heavy (non-hydrogen) atoms. The molecule has 0 aromatic carbocycles. The Bertz CT molecular complexity index is 133. The summed E-state index contributed by atoms with van der Waals surface area (Å²) in [5.41, 5.74) is 0. The molecule has 0 aromatic rings. The Morgan fingerprint density at radius 3 is 2.78 bits per heavy atom.